The van der Waals surface area contributed by atoms with E-state index in [2.05, 4.69) is 5.32 Å². The lowest BCUT2D eigenvalue weighted by atomic mass is 10.1. The van der Waals surface area contributed by atoms with Crippen molar-refractivity contribution in [2.24, 2.45) is 0 Å². The molecule has 1 amide bonds. The number of carbonyl (C=O) groups is 1. The lowest BCUT2D eigenvalue weighted by Gasteiger charge is -2.11. The zero-order valence-corrected chi connectivity index (χ0v) is 16.0. The van der Waals surface area contributed by atoms with Crippen molar-refractivity contribution in [3.8, 4) is 11.5 Å². The van der Waals surface area contributed by atoms with Gasteiger partial charge in [0.1, 0.15) is 17.1 Å². The molecule has 7 heteroatoms. The normalized spacial score (nSPS) is 12.6. The highest BCUT2D eigenvalue weighted by molar-refractivity contribution is 6.32. The van der Waals surface area contributed by atoms with Gasteiger partial charge in [-0.25, -0.2) is 4.79 Å². The monoisotopic (exact) mass is 399 g/mol. The lowest BCUT2D eigenvalue weighted by Crippen LogP contribution is -2.20. The van der Waals surface area contributed by atoms with Crippen LogP contribution in [-0.4, -0.2) is 19.6 Å². The fraction of sp³-hybridized carbons (Fsp3) is 0.238. The summed E-state index contributed by atoms with van der Waals surface area (Å²) in [6.07, 6.45) is 2.49. The first kappa shape index (κ1) is 18.4. The average molecular weight is 400 g/mol. The van der Waals surface area contributed by atoms with Crippen molar-refractivity contribution in [1.82, 2.24) is 0 Å². The maximum absolute atomic E-state index is 12.2. The number of anilines is 1. The third-order valence-electron chi connectivity index (χ3n) is 4.74. The molecule has 28 heavy (non-hydrogen) atoms. The summed E-state index contributed by atoms with van der Waals surface area (Å²) < 4.78 is 16.1. The van der Waals surface area contributed by atoms with Crippen molar-refractivity contribution in [2.75, 3.05) is 19.0 Å². The molecule has 0 fully saturated rings. The molecule has 0 spiro atoms. The van der Waals surface area contributed by atoms with Gasteiger partial charge in [-0.05, 0) is 43.0 Å². The Kier molecular flexibility index (Phi) is 4.96. The van der Waals surface area contributed by atoms with Gasteiger partial charge in [0.2, 0.25) is 0 Å². The molecule has 6 nitrogen and oxygen atoms in total. The molecule has 0 saturated heterocycles. The number of nitrogens with one attached hydrogen (secondary N) is 1. The van der Waals surface area contributed by atoms with Gasteiger partial charge >= 0.3 is 5.63 Å². The van der Waals surface area contributed by atoms with Crippen LogP contribution in [0.15, 0.2) is 45.6 Å². The van der Waals surface area contributed by atoms with Gasteiger partial charge in [-0.15, -0.1) is 0 Å². The van der Waals surface area contributed by atoms with E-state index < -0.39 is 0 Å². The summed E-state index contributed by atoms with van der Waals surface area (Å²) in [4.78, 5) is 24.3. The second kappa shape index (κ2) is 7.56. The van der Waals surface area contributed by atoms with E-state index >= 15 is 0 Å². The summed E-state index contributed by atoms with van der Waals surface area (Å²) in [7, 11) is 1.56. The van der Waals surface area contributed by atoms with Crippen LogP contribution in [0, 0.1) is 0 Å². The van der Waals surface area contributed by atoms with Crippen LogP contribution >= 0.6 is 11.6 Å². The number of benzene rings is 2. The number of halogens is 1. The van der Waals surface area contributed by atoms with Crippen molar-refractivity contribution in [3.05, 3.63) is 63.0 Å². The second-order valence-electron chi connectivity index (χ2n) is 6.55. The van der Waals surface area contributed by atoms with E-state index in [0.29, 0.717) is 22.0 Å². The molecule has 1 aromatic heterocycles. The third-order valence-corrected chi connectivity index (χ3v) is 5.03. The average Bonchev–Trinajstić information content (AvgIpc) is 3.18. The Balaban J connectivity index is 1.51. The van der Waals surface area contributed by atoms with E-state index in [-0.39, 0.29) is 23.9 Å². The smallest absolute Gasteiger partial charge is 0.339 e. The van der Waals surface area contributed by atoms with Crippen LogP contribution in [0.25, 0.3) is 11.0 Å². The zero-order valence-electron chi connectivity index (χ0n) is 15.2. The molecule has 0 atom stereocenters. The van der Waals surface area contributed by atoms with Gasteiger partial charge in [-0.1, -0.05) is 17.7 Å². The second-order valence-corrected chi connectivity index (χ2v) is 6.95. The Labute approximate surface area is 166 Å². The van der Waals surface area contributed by atoms with Crippen LogP contribution in [-0.2, 0) is 17.6 Å². The minimum Gasteiger partial charge on any atom is -0.497 e. The summed E-state index contributed by atoms with van der Waals surface area (Å²) in [5.41, 5.74) is 2.42. The van der Waals surface area contributed by atoms with Gasteiger partial charge in [-0.3, -0.25) is 4.79 Å². The van der Waals surface area contributed by atoms with Gasteiger partial charge in [0.25, 0.3) is 5.91 Å². The maximum atomic E-state index is 12.2. The van der Waals surface area contributed by atoms with Crippen molar-refractivity contribution in [3.63, 3.8) is 0 Å². The van der Waals surface area contributed by atoms with E-state index in [0.717, 1.165) is 35.8 Å². The number of rotatable bonds is 5. The number of amides is 1. The molecule has 4 rings (SSSR count). The molecule has 0 unspecified atom stereocenters. The molecule has 1 aliphatic carbocycles. The Hall–Kier alpha value is -2.99. The summed E-state index contributed by atoms with van der Waals surface area (Å²) in [5, 5.41) is 3.92. The SMILES string of the molecule is COc1cccc(NC(=O)COc2cc3oc(=O)c4c(c3cc2Cl)CCC4)c1. The van der Waals surface area contributed by atoms with E-state index in [1.165, 1.54) is 0 Å². The zero-order chi connectivity index (χ0) is 19.7. The number of methoxy groups -OCH3 is 1. The van der Waals surface area contributed by atoms with E-state index in [4.69, 9.17) is 25.5 Å². The van der Waals surface area contributed by atoms with Crippen LogP contribution in [0.4, 0.5) is 5.69 Å². The number of hydrogen-bond donors (Lipinski definition) is 1. The molecule has 1 aliphatic rings. The van der Waals surface area contributed by atoms with Gasteiger partial charge in [0, 0.05) is 28.8 Å². The Bertz CT molecular complexity index is 1120. The molecular weight excluding hydrogens is 382 g/mol. The van der Waals surface area contributed by atoms with Crippen molar-refractivity contribution >= 4 is 34.2 Å². The quantitative estimate of drug-likeness (QED) is 0.657. The fourth-order valence-corrected chi connectivity index (χ4v) is 3.65. The molecule has 1 N–H and O–H groups in total. The molecule has 0 saturated carbocycles. The summed E-state index contributed by atoms with van der Waals surface area (Å²) >= 11 is 6.33. The minimum absolute atomic E-state index is 0.238. The highest BCUT2D eigenvalue weighted by atomic mass is 35.5. The molecule has 3 aromatic rings. The van der Waals surface area contributed by atoms with E-state index in [1.807, 2.05) is 0 Å². The summed E-state index contributed by atoms with van der Waals surface area (Å²) in [6, 6.07) is 10.3. The van der Waals surface area contributed by atoms with Crippen molar-refractivity contribution in [2.45, 2.75) is 19.3 Å². The first-order chi connectivity index (χ1) is 13.5. The topological polar surface area (TPSA) is 77.8 Å². The number of aryl methyl sites for hydroxylation is 1. The first-order valence-electron chi connectivity index (χ1n) is 8.90. The van der Waals surface area contributed by atoms with Gasteiger partial charge in [0.05, 0.1) is 12.1 Å². The predicted octanol–water partition coefficient (Wildman–Crippen LogP) is 3.96. The number of carbonyl (C=O) groups excluding carboxylic acids is 1. The third kappa shape index (κ3) is 3.55. The molecule has 1 heterocycles. The van der Waals surface area contributed by atoms with Crippen LogP contribution in [0.5, 0.6) is 11.5 Å². The lowest BCUT2D eigenvalue weighted by molar-refractivity contribution is -0.118. The van der Waals surface area contributed by atoms with Crippen LogP contribution in [0.2, 0.25) is 5.02 Å². The number of fused-ring (bicyclic) bond motifs is 3. The molecule has 0 bridgehead atoms. The summed E-state index contributed by atoms with van der Waals surface area (Å²) in [6.45, 7) is -0.238. The van der Waals surface area contributed by atoms with Crippen LogP contribution in [0.1, 0.15) is 17.5 Å². The molecule has 0 radical (unpaired) electrons. The molecule has 0 aliphatic heterocycles. The Morgan fingerprint density at radius 1 is 1.21 bits per heavy atom. The van der Waals surface area contributed by atoms with E-state index in [9.17, 15) is 9.59 Å². The van der Waals surface area contributed by atoms with Crippen molar-refractivity contribution in [1.29, 1.82) is 0 Å². The molecule has 2 aromatic carbocycles. The first-order valence-corrected chi connectivity index (χ1v) is 9.28. The van der Waals surface area contributed by atoms with Gasteiger partial charge in [-0.2, -0.15) is 0 Å². The largest absolute Gasteiger partial charge is 0.497 e. The van der Waals surface area contributed by atoms with Crippen LogP contribution in [0.3, 0.4) is 0 Å². The fourth-order valence-electron chi connectivity index (χ4n) is 3.43. The highest BCUT2D eigenvalue weighted by Gasteiger charge is 2.21. The highest BCUT2D eigenvalue weighted by Crippen LogP contribution is 2.34. The number of ether oxygens (including phenoxy) is 2. The van der Waals surface area contributed by atoms with Gasteiger partial charge < -0.3 is 19.2 Å². The Morgan fingerprint density at radius 3 is 2.86 bits per heavy atom. The molecule has 144 valence electrons. The maximum Gasteiger partial charge on any atom is 0.339 e. The van der Waals surface area contributed by atoms with Crippen LogP contribution < -0.4 is 20.4 Å². The Morgan fingerprint density at radius 2 is 2.04 bits per heavy atom. The van der Waals surface area contributed by atoms with Crippen molar-refractivity contribution < 1.29 is 18.7 Å². The molecular formula is C21H18ClNO5. The number of hydrogen-bond acceptors (Lipinski definition) is 5. The van der Waals surface area contributed by atoms with Gasteiger partial charge in [0.15, 0.2) is 6.61 Å². The minimum atomic E-state index is -0.347. The standard InChI is InChI=1S/C21H18ClNO5/c1-26-13-5-2-4-12(8-13)23-20(24)11-27-19-10-18-16(9-17(19)22)14-6-3-7-15(14)21(25)28-18/h2,4-5,8-10H,3,6-7,11H2,1H3,(H,23,24). The predicted molar refractivity (Wildman–Crippen MR) is 107 cm³/mol. The van der Waals surface area contributed by atoms with E-state index in [1.54, 1.807) is 43.5 Å². The summed E-state index contributed by atoms with van der Waals surface area (Å²) in [5.74, 6) is 0.578.